The number of carbonyl (C=O) groups excluding carboxylic acids is 2. The van der Waals surface area contributed by atoms with Gasteiger partial charge in [0.15, 0.2) is 5.78 Å². The van der Waals surface area contributed by atoms with Gasteiger partial charge in [0.2, 0.25) is 5.91 Å². The fourth-order valence-corrected chi connectivity index (χ4v) is 4.90. The van der Waals surface area contributed by atoms with E-state index in [1.165, 1.54) is 29.3 Å². The number of hydrogen-bond acceptors (Lipinski definition) is 5. The third-order valence-electron chi connectivity index (χ3n) is 6.61. The monoisotopic (exact) mass is 532 g/mol. The van der Waals surface area contributed by atoms with E-state index >= 15 is 0 Å². The predicted molar refractivity (Wildman–Crippen MR) is 140 cm³/mol. The molecule has 0 aliphatic carbocycles. The number of rotatable bonds is 9. The van der Waals surface area contributed by atoms with Crippen LogP contribution in [-0.4, -0.2) is 44.2 Å². The van der Waals surface area contributed by atoms with E-state index in [1.807, 2.05) is 36.4 Å². The zero-order valence-electron chi connectivity index (χ0n) is 20.5. The molecule has 0 N–H and O–H groups in total. The van der Waals surface area contributed by atoms with Crippen molar-refractivity contribution in [1.82, 2.24) is 19.9 Å². The van der Waals surface area contributed by atoms with Crippen molar-refractivity contribution in [2.45, 2.75) is 31.8 Å². The molecule has 0 unspecified atom stereocenters. The molecule has 1 aliphatic rings. The summed E-state index contributed by atoms with van der Waals surface area (Å²) in [6.45, 7) is 0.476. The van der Waals surface area contributed by atoms with Crippen LogP contribution in [0.5, 0.6) is 11.5 Å². The number of nitrogens with zero attached hydrogens (tertiary/aromatic N) is 4. The van der Waals surface area contributed by atoms with Crippen LogP contribution in [0, 0.1) is 11.7 Å². The van der Waals surface area contributed by atoms with Crippen molar-refractivity contribution < 1.29 is 18.7 Å². The Labute approximate surface area is 224 Å². The van der Waals surface area contributed by atoms with E-state index in [0.717, 1.165) is 17.5 Å². The molecular weight excluding hydrogens is 507 g/mol. The lowest BCUT2D eigenvalue weighted by Crippen LogP contribution is -2.43. The van der Waals surface area contributed by atoms with Gasteiger partial charge < -0.3 is 9.64 Å². The number of likely N-dealkylation sites (tertiary alicyclic amines) is 1. The predicted octanol–water partition coefficient (Wildman–Crippen LogP) is 5.13. The number of ether oxygens (including phenoxy) is 1. The normalized spacial score (nSPS) is 16.9. The van der Waals surface area contributed by atoms with Crippen LogP contribution in [0.15, 0.2) is 85.2 Å². The average molecular weight is 533 g/mol. The molecule has 0 saturated carbocycles. The highest BCUT2D eigenvalue weighted by Crippen LogP contribution is 2.29. The lowest BCUT2D eigenvalue weighted by atomic mass is 9.94. The van der Waals surface area contributed by atoms with Crippen LogP contribution >= 0.6 is 11.6 Å². The van der Waals surface area contributed by atoms with Crippen molar-refractivity contribution in [3.63, 3.8) is 0 Å². The maximum atomic E-state index is 13.5. The second-order valence-corrected chi connectivity index (χ2v) is 9.83. The highest BCUT2D eigenvalue weighted by Gasteiger charge is 2.39. The van der Waals surface area contributed by atoms with Crippen molar-refractivity contribution in [3.05, 3.63) is 107 Å². The number of hydrogen-bond donors (Lipinski definition) is 0. The van der Waals surface area contributed by atoms with Gasteiger partial charge in [0.1, 0.15) is 23.9 Å². The number of aromatic nitrogens is 3. The fraction of sp³-hybridized carbons (Fsp3) is 0.241. The molecule has 0 spiro atoms. The van der Waals surface area contributed by atoms with Gasteiger partial charge in [-0.25, -0.2) is 4.39 Å². The number of carbonyl (C=O) groups is 2. The number of halogens is 2. The van der Waals surface area contributed by atoms with Gasteiger partial charge in [0, 0.05) is 18.0 Å². The molecule has 0 radical (unpaired) electrons. The molecule has 9 heteroatoms. The van der Waals surface area contributed by atoms with Gasteiger partial charge in [0.05, 0.1) is 18.4 Å². The number of amides is 1. The third-order valence-corrected chi connectivity index (χ3v) is 6.86. The van der Waals surface area contributed by atoms with Gasteiger partial charge in [-0.05, 0) is 78.4 Å². The summed E-state index contributed by atoms with van der Waals surface area (Å²) >= 11 is 6.03. The summed E-state index contributed by atoms with van der Waals surface area (Å²) in [6, 6.07) is 20.1. The summed E-state index contributed by atoms with van der Waals surface area (Å²) in [5, 5.41) is 8.74. The third kappa shape index (κ3) is 6.44. The molecule has 0 bridgehead atoms. The first-order chi connectivity index (χ1) is 18.4. The standard InChI is InChI=1S/C29H26ClFN4O3/c30-23-5-1-20(2-6-23)15-22-16-27(34(18-22)29(37)19-35-32-13-14-33-35)28(36)17-21-3-9-25(10-4-21)38-26-11-7-24(31)8-12-26/h1-14,22,27H,15-19H2/t22-,27+/m1/s1. The second kappa shape index (κ2) is 11.6. The van der Waals surface area contributed by atoms with E-state index in [9.17, 15) is 14.0 Å². The first-order valence-electron chi connectivity index (χ1n) is 12.4. The van der Waals surface area contributed by atoms with Gasteiger partial charge in [0.25, 0.3) is 0 Å². The van der Waals surface area contributed by atoms with E-state index < -0.39 is 6.04 Å². The van der Waals surface area contributed by atoms with E-state index in [0.29, 0.717) is 29.5 Å². The summed E-state index contributed by atoms with van der Waals surface area (Å²) in [5.74, 6) is 0.723. The molecule has 2 atom stereocenters. The van der Waals surface area contributed by atoms with Crippen LogP contribution in [0.3, 0.4) is 0 Å². The smallest absolute Gasteiger partial charge is 0.246 e. The Morgan fingerprint density at radius 2 is 1.50 bits per heavy atom. The Bertz CT molecular complexity index is 1380. The minimum atomic E-state index is -0.523. The van der Waals surface area contributed by atoms with Crippen LogP contribution in [0.1, 0.15) is 17.5 Å². The first-order valence-corrected chi connectivity index (χ1v) is 12.7. The summed E-state index contributed by atoms with van der Waals surface area (Å²) < 4.78 is 18.9. The molecule has 3 aromatic carbocycles. The average Bonchev–Trinajstić information content (AvgIpc) is 3.58. The van der Waals surface area contributed by atoms with Gasteiger partial charge >= 0.3 is 0 Å². The van der Waals surface area contributed by atoms with Crippen LogP contribution < -0.4 is 4.74 Å². The molecule has 4 aromatic rings. The van der Waals surface area contributed by atoms with E-state index in [2.05, 4.69) is 10.2 Å². The van der Waals surface area contributed by atoms with Crippen molar-refractivity contribution >= 4 is 23.3 Å². The largest absolute Gasteiger partial charge is 0.457 e. The SMILES string of the molecule is O=C(Cc1ccc(Oc2ccc(F)cc2)cc1)[C@@H]1C[C@@H](Cc2ccc(Cl)cc2)CN1C(=O)Cn1nccn1. The van der Waals surface area contributed by atoms with E-state index in [1.54, 1.807) is 29.2 Å². The fourth-order valence-electron chi connectivity index (χ4n) is 4.78. The maximum absolute atomic E-state index is 13.5. The van der Waals surface area contributed by atoms with Crippen LogP contribution in [0.4, 0.5) is 4.39 Å². The highest BCUT2D eigenvalue weighted by atomic mass is 35.5. The molecule has 1 amide bonds. The first kappa shape index (κ1) is 25.6. The molecule has 1 aliphatic heterocycles. The lowest BCUT2D eigenvalue weighted by molar-refractivity contribution is -0.138. The molecule has 1 fully saturated rings. The van der Waals surface area contributed by atoms with Crippen molar-refractivity contribution in [2.75, 3.05) is 6.54 Å². The van der Waals surface area contributed by atoms with Gasteiger partial charge in [-0.3, -0.25) is 9.59 Å². The molecule has 5 rings (SSSR count). The Hall–Kier alpha value is -4.04. The number of Topliss-reactive ketones (excluding diaryl/α,β-unsaturated/α-hetero) is 1. The Morgan fingerprint density at radius 3 is 2.16 bits per heavy atom. The molecule has 38 heavy (non-hydrogen) atoms. The molecular formula is C29H26ClFN4O3. The highest BCUT2D eigenvalue weighted by molar-refractivity contribution is 6.30. The lowest BCUT2D eigenvalue weighted by Gasteiger charge is -2.23. The topological polar surface area (TPSA) is 77.3 Å². The summed E-state index contributed by atoms with van der Waals surface area (Å²) in [4.78, 5) is 29.7. The van der Waals surface area contributed by atoms with E-state index in [-0.39, 0.29) is 36.4 Å². The number of ketones is 1. The van der Waals surface area contributed by atoms with Gasteiger partial charge in [-0.1, -0.05) is 35.9 Å². The minimum absolute atomic E-state index is 0.0140. The van der Waals surface area contributed by atoms with Crippen LogP contribution in [0.25, 0.3) is 0 Å². The molecule has 7 nitrogen and oxygen atoms in total. The Balaban J connectivity index is 1.26. The van der Waals surface area contributed by atoms with Gasteiger partial charge in [-0.15, -0.1) is 0 Å². The summed E-state index contributed by atoms with van der Waals surface area (Å²) in [6.07, 6.45) is 4.57. The van der Waals surface area contributed by atoms with Crippen LogP contribution in [0.2, 0.25) is 5.02 Å². The Kier molecular flexibility index (Phi) is 7.79. The number of benzene rings is 3. The second-order valence-electron chi connectivity index (χ2n) is 9.40. The molecule has 2 heterocycles. The quantitative estimate of drug-likeness (QED) is 0.298. The van der Waals surface area contributed by atoms with E-state index in [4.69, 9.17) is 16.3 Å². The Morgan fingerprint density at radius 1 is 0.895 bits per heavy atom. The van der Waals surface area contributed by atoms with Crippen molar-refractivity contribution in [2.24, 2.45) is 5.92 Å². The summed E-state index contributed by atoms with van der Waals surface area (Å²) in [5.41, 5.74) is 1.94. The van der Waals surface area contributed by atoms with Crippen molar-refractivity contribution in [3.8, 4) is 11.5 Å². The zero-order valence-corrected chi connectivity index (χ0v) is 21.3. The zero-order chi connectivity index (χ0) is 26.5. The van der Waals surface area contributed by atoms with Crippen LogP contribution in [-0.2, 0) is 29.0 Å². The molecule has 1 saturated heterocycles. The van der Waals surface area contributed by atoms with Gasteiger partial charge in [-0.2, -0.15) is 15.0 Å². The van der Waals surface area contributed by atoms with Crippen molar-refractivity contribution in [1.29, 1.82) is 0 Å². The molecule has 194 valence electrons. The summed E-state index contributed by atoms with van der Waals surface area (Å²) in [7, 11) is 0. The molecule has 1 aromatic heterocycles. The maximum Gasteiger partial charge on any atom is 0.246 e. The minimum Gasteiger partial charge on any atom is -0.457 e.